The zero-order valence-corrected chi connectivity index (χ0v) is 20.1. The molecule has 30 heavy (non-hydrogen) atoms. The minimum absolute atomic E-state index is 0. The van der Waals surface area contributed by atoms with Crippen molar-refractivity contribution in [3.8, 4) is 11.5 Å². The Kier molecular flexibility index (Phi) is 11.4. The maximum Gasteiger partial charge on any atom is 0.387 e. The summed E-state index contributed by atoms with van der Waals surface area (Å²) in [4.78, 5) is 4.17. The Morgan fingerprint density at radius 3 is 2.63 bits per heavy atom. The first kappa shape index (κ1) is 25.9. The number of nitrogens with zero attached hydrogens (tertiary/aromatic N) is 3. The van der Waals surface area contributed by atoms with E-state index in [1.165, 1.54) is 0 Å². The van der Waals surface area contributed by atoms with E-state index < -0.39 is 6.61 Å². The van der Waals surface area contributed by atoms with Crippen LogP contribution in [0.15, 0.2) is 29.3 Å². The normalized spacial score (nSPS) is 11.2. The molecule has 0 aliphatic rings. The van der Waals surface area contributed by atoms with Gasteiger partial charge in [0.05, 0.1) is 12.3 Å². The molecule has 1 aromatic carbocycles. The van der Waals surface area contributed by atoms with Crippen LogP contribution in [0.4, 0.5) is 8.78 Å². The second-order valence-corrected chi connectivity index (χ2v) is 6.41. The predicted octanol–water partition coefficient (Wildman–Crippen LogP) is 3.87. The summed E-state index contributed by atoms with van der Waals surface area (Å²) in [5, 5.41) is 10.8. The van der Waals surface area contributed by atoms with Crippen molar-refractivity contribution >= 4 is 29.9 Å². The maximum absolute atomic E-state index is 12.8. The summed E-state index contributed by atoms with van der Waals surface area (Å²) in [7, 11) is 1.66. The number of nitrogens with one attached hydrogen (secondary N) is 2. The molecule has 2 rings (SSSR count). The minimum atomic E-state index is -2.93. The average molecular weight is 537 g/mol. The predicted molar refractivity (Wildman–Crippen MR) is 124 cm³/mol. The van der Waals surface area contributed by atoms with Crippen molar-refractivity contribution in [2.75, 3.05) is 20.2 Å². The van der Waals surface area contributed by atoms with Gasteiger partial charge in [-0.3, -0.25) is 9.67 Å². The van der Waals surface area contributed by atoms with Crippen molar-refractivity contribution < 1.29 is 18.3 Å². The highest BCUT2D eigenvalue weighted by atomic mass is 127. The summed E-state index contributed by atoms with van der Waals surface area (Å²) in [5.41, 5.74) is 2.69. The van der Waals surface area contributed by atoms with Crippen LogP contribution in [0.5, 0.6) is 11.5 Å². The standard InChI is InChI=1S/C20H29F2N5O2.HI/c1-5-28-17-9-6-8-16(18(17)29-19(21)22)13-25-20(23-4)24-10-7-11-27-15(3)12-14(2)26-27;/h6,8-9,12,19H,5,7,10-11,13H2,1-4H3,(H2,23,24,25);1H. The molecule has 0 spiro atoms. The number of para-hydroxylation sites is 1. The van der Waals surface area contributed by atoms with E-state index in [0.29, 0.717) is 30.4 Å². The van der Waals surface area contributed by atoms with Gasteiger partial charge in [-0.1, -0.05) is 12.1 Å². The summed E-state index contributed by atoms with van der Waals surface area (Å²) in [6.07, 6.45) is 0.863. The zero-order valence-electron chi connectivity index (χ0n) is 17.7. The molecule has 0 unspecified atom stereocenters. The summed E-state index contributed by atoms with van der Waals surface area (Å²) in [5.74, 6) is 0.903. The molecule has 0 radical (unpaired) electrons. The lowest BCUT2D eigenvalue weighted by Gasteiger charge is -2.17. The molecule has 0 fully saturated rings. The molecule has 168 valence electrons. The third-order valence-corrected chi connectivity index (χ3v) is 4.18. The van der Waals surface area contributed by atoms with Crippen LogP contribution in [0.25, 0.3) is 0 Å². The van der Waals surface area contributed by atoms with E-state index in [4.69, 9.17) is 4.74 Å². The largest absolute Gasteiger partial charge is 0.490 e. The van der Waals surface area contributed by atoms with Gasteiger partial charge < -0.3 is 20.1 Å². The fourth-order valence-corrected chi connectivity index (χ4v) is 2.93. The molecule has 0 bridgehead atoms. The monoisotopic (exact) mass is 537 g/mol. The smallest absolute Gasteiger partial charge is 0.387 e. The molecule has 0 saturated heterocycles. The Morgan fingerprint density at radius 1 is 1.27 bits per heavy atom. The lowest BCUT2D eigenvalue weighted by molar-refractivity contribution is -0.0520. The summed E-state index contributed by atoms with van der Waals surface area (Å²) in [6.45, 7) is 4.97. The van der Waals surface area contributed by atoms with Crippen LogP contribution in [0.1, 0.15) is 30.3 Å². The number of alkyl halides is 2. The Labute approximate surface area is 193 Å². The van der Waals surface area contributed by atoms with Gasteiger partial charge in [-0.15, -0.1) is 24.0 Å². The molecule has 2 aromatic rings. The van der Waals surface area contributed by atoms with E-state index >= 15 is 0 Å². The van der Waals surface area contributed by atoms with Gasteiger partial charge in [-0.05, 0) is 39.3 Å². The van der Waals surface area contributed by atoms with E-state index in [0.717, 1.165) is 24.4 Å². The van der Waals surface area contributed by atoms with Crippen molar-refractivity contribution in [1.82, 2.24) is 20.4 Å². The fourth-order valence-electron chi connectivity index (χ4n) is 2.93. The van der Waals surface area contributed by atoms with Gasteiger partial charge in [0.1, 0.15) is 0 Å². The maximum atomic E-state index is 12.8. The molecular weight excluding hydrogens is 507 g/mol. The number of hydrogen-bond donors (Lipinski definition) is 2. The molecule has 10 heteroatoms. The molecule has 1 aromatic heterocycles. The van der Waals surface area contributed by atoms with Crippen molar-refractivity contribution in [2.45, 2.75) is 46.9 Å². The van der Waals surface area contributed by atoms with Crippen LogP contribution >= 0.6 is 24.0 Å². The Bertz CT molecular complexity index is 814. The molecule has 2 N–H and O–H groups in total. The SMILES string of the molecule is CCOc1cccc(CNC(=NC)NCCCn2nc(C)cc2C)c1OC(F)F.I. The van der Waals surface area contributed by atoms with Crippen molar-refractivity contribution in [3.05, 3.63) is 41.2 Å². The molecule has 0 aliphatic heterocycles. The topological polar surface area (TPSA) is 72.7 Å². The summed E-state index contributed by atoms with van der Waals surface area (Å²) in [6, 6.07) is 7.11. The van der Waals surface area contributed by atoms with Gasteiger partial charge in [0.25, 0.3) is 0 Å². The molecule has 0 saturated carbocycles. The van der Waals surface area contributed by atoms with E-state index in [1.807, 2.05) is 24.6 Å². The molecule has 7 nitrogen and oxygen atoms in total. The first-order chi connectivity index (χ1) is 13.9. The highest BCUT2D eigenvalue weighted by Crippen LogP contribution is 2.32. The van der Waals surface area contributed by atoms with Gasteiger partial charge in [-0.25, -0.2) is 0 Å². The van der Waals surface area contributed by atoms with Crippen LogP contribution in [0.2, 0.25) is 0 Å². The minimum Gasteiger partial charge on any atom is -0.490 e. The van der Waals surface area contributed by atoms with Gasteiger partial charge >= 0.3 is 6.61 Å². The molecule has 0 aliphatic carbocycles. The molecule has 0 amide bonds. The highest BCUT2D eigenvalue weighted by molar-refractivity contribution is 14.0. The Morgan fingerprint density at radius 2 is 2.03 bits per heavy atom. The number of halogens is 3. The number of aryl methyl sites for hydroxylation is 3. The van der Waals surface area contributed by atoms with Crippen LogP contribution in [0.3, 0.4) is 0 Å². The fraction of sp³-hybridized carbons (Fsp3) is 0.500. The second-order valence-electron chi connectivity index (χ2n) is 6.41. The van der Waals surface area contributed by atoms with Crippen LogP contribution in [-0.4, -0.2) is 42.6 Å². The number of hydrogen-bond acceptors (Lipinski definition) is 4. The molecule has 1 heterocycles. The van der Waals surface area contributed by atoms with Crippen molar-refractivity contribution in [3.63, 3.8) is 0 Å². The number of benzene rings is 1. The third-order valence-electron chi connectivity index (χ3n) is 4.18. The zero-order chi connectivity index (χ0) is 21.2. The quantitative estimate of drug-likeness (QED) is 0.209. The Hall–Kier alpha value is -2.11. The van der Waals surface area contributed by atoms with E-state index in [9.17, 15) is 8.78 Å². The summed E-state index contributed by atoms with van der Waals surface area (Å²) >= 11 is 0. The first-order valence-corrected chi connectivity index (χ1v) is 9.59. The number of aliphatic imine (C=N–C) groups is 1. The lowest BCUT2D eigenvalue weighted by atomic mass is 10.2. The van der Waals surface area contributed by atoms with Crippen LogP contribution in [0, 0.1) is 13.8 Å². The van der Waals surface area contributed by atoms with Gasteiger partial charge in [0.2, 0.25) is 0 Å². The lowest BCUT2D eigenvalue weighted by Crippen LogP contribution is -2.37. The first-order valence-electron chi connectivity index (χ1n) is 9.59. The van der Waals surface area contributed by atoms with Crippen molar-refractivity contribution in [2.24, 2.45) is 4.99 Å². The molecular formula is C20H30F2IN5O2. The number of guanidine groups is 1. The van der Waals surface area contributed by atoms with Crippen LogP contribution in [-0.2, 0) is 13.1 Å². The third kappa shape index (κ3) is 7.96. The Balaban J connectivity index is 0.00000450. The highest BCUT2D eigenvalue weighted by Gasteiger charge is 2.16. The van der Waals surface area contributed by atoms with E-state index in [2.05, 4.69) is 25.5 Å². The summed E-state index contributed by atoms with van der Waals surface area (Å²) < 4.78 is 37.7. The van der Waals surface area contributed by atoms with Gasteiger partial charge in [-0.2, -0.15) is 13.9 Å². The van der Waals surface area contributed by atoms with E-state index in [1.54, 1.807) is 32.2 Å². The molecule has 0 atom stereocenters. The van der Waals surface area contributed by atoms with Crippen molar-refractivity contribution in [1.29, 1.82) is 0 Å². The number of ether oxygens (including phenoxy) is 2. The van der Waals surface area contributed by atoms with Crippen LogP contribution < -0.4 is 20.1 Å². The van der Waals surface area contributed by atoms with Gasteiger partial charge in [0, 0.05) is 37.9 Å². The average Bonchev–Trinajstić information content (AvgIpc) is 3.00. The number of aromatic nitrogens is 2. The second kappa shape index (κ2) is 13.2. The van der Waals surface area contributed by atoms with E-state index in [-0.39, 0.29) is 36.3 Å². The van der Waals surface area contributed by atoms with Gasteiger partial charge in [0.15, 0.2) is 17.5 Å². The number of rotatable bonds is 10.